The minimum atomic E-state index is -0.917. The van der Waals surface area contributed by atoms with Crippen LogP contribution in [0.3, 0.4) is 0 Å². The van der Waals surface area contributed by atoms with E-state index >= 15 is 0 Å². The minimum Gasteiger partial charge on any atom is -0.481 e. The summed E-state index contributed by atoms with van der Waals surface area (Å²) in [4.78, 5) is 21.3. The molecule has 0 fully saturated rings. The summed E-state index contributed by atoms with van der Waals surface area (Å²) in [7, 11) is 0. The van der Waals surface area contributed by atoms with Crippen molar-refractivity contribution in [3.05, 3.63) is 0 Å². The smallest absolute Gasteiger partial charge is 0.306 e. The number of rotatable bonds is 8. The molecular weight excluding hydrogens is 234 g/mol. The van der Waals surface area contributed by atoms with Crippen molar-refractivity contribution in [1.82, 2.24) is 0 Å². The summed E-state index contributed by atoms with van der Waals surface area (Å²) in [5.74, 6) is 4.21. The van der Waals surface area contributed by atoms with Gasteiger partial charge in [0.2, 0.25) is 0 Å². The van der Waals surface area contributed by atoms with Gasteiger partial charge in [-0.2, -0.15) is 5.26 Å². The molecular formula is C13H17NO4. The van der Waals surface area contributed by atoms with Crippen LogP contribution in [0.5, 0.6) is 0 Å². The predicted molar refractivity (Wildman–Crippen MR) is 64.3 cm³/mol. The zero-order valence-corrected chi connectivity index (χ0v) is 10.3. The molecule has 1 N–H and O–H groups in total. The second kappa shape index (κ2) is 11.5. The van der Waals surface area contributed by atoms with E-state index in [1.54, 1.807) is 0 Å². The van der Waals surface area contributed by atoms with Crippen LogP contribution in [0.1, 0.15) is 44.9 Å². The van der Waals surface area contributed by atoms with E-state index in [1.165, 1.54) is 0 Å². The Bertz CT molecular complexity index is 359. The SMILES string of the molecule is N#CCCCCC#CCOC(=O)CCCC(=O)O. The van der Waals surface area contributed by atoms with Crippen LogP contribution in [0.4, 0.5) is 0 Å². The van der Waals surface area contributed by atoms with Gasteiger partial charge in [0.05, 0.1) is 6.07 Å². The molecule has 0 aromatic heterocycles. The van der Waals surface area contributed by atoms with Gasteiger partial charge in [-0.05, 0) is 19.3 Å². The topological polar surface area (TPSA) is 87.4 Å². The first-order chi connectivity index (χ1) is 8.66. The maximum atomic E-state index is 11.1. The molecule has 5 heteroatoms. The Morgan fingerprint density at radius 3 is 2.44 bits per heavy atom. The number of hydrogen-bond donors (Lipinski definition) is 1. The molecule has 0 amide bonds. The van der Waals surface area contributed by atoms with Crippen molar-refractivity contribution in [1.29, 1.82) is 5.26 Å². The number of aliphatic carboxylic acids is 1. The van der Waals surface area contributed by atoms with E-state index in [-0.39, 0.29) is 25.9 Å². The van der Waals surface area contributed by atoms with E-state index in [9.17, 15) is 9.59 Å². The molecule has 0 saturated carbocycles. The van der Waals surface area contributed by atoms with Crippen molar-refractivity contribution in [3.63, 3.8) is 0 Å². The molecule has 0 rings (SSSR count). The standard InChI is InChI=1S/C13H17NO4/c14-10-5-3-1-2-4-6-11-18-13(17)9-7-8-12(15)16/h1-3,5,7-9,11H2,(H,15,16). The van der Waals surface area contributed by atoms with Gasteiger partial charge in [0, 0.05) is 25.7 Å². The second-order valence-corrected chi connectivity index (χ2v) is 3.63. The quantitative estimate of drug-likeness (QED) is 0.404. The maximum Gasteiger partial charge on any atom is 0.306 e. The molecule has 0 atom stereocenters. The van der Waals surface area contributed by atoms with Crippen LogP contribution in [-0.4, -0.2) is 23.7 Å². The van der Waals surface area contributed by atoms with Gasteiger partial charge in [0.1, 0.15) is 0 Å². The van der Waals surface area contributed by atoms with Crippen LogP contribution in [0.2, 0.25) is 0 Å². The Balaban J connectivity index is 3.42. The Labute approximate surface area is 107 Å². The van der Waals surface area contributed by atoms with E-state index < -0.39 is 11.9 Å². The van der Waals surface area contributed by atoms with Crippen LogP contribution >= 0.6 is 0 Å². The first-order valence-corrected chi connectivity index (χ1v) is 5.87. The molecule has 5 nitrogen and oxygen atoms in total. The van der Waals surface area contributed by atoms with Gasteiger partial charge in [-0.15, -0.1) is 0 Å². The van der Waals surface area contributed by atoms with E-state index in [0.29, 0.717) is 12.8 Å². The lowest BCUT2D eigenvalue weighted by Gasteiger charge is -1.98. The summed E-state index contributed by atoms with van der Waals surface area (Å²) in [5.41, 5.74) is 0. The number of carboxylic acids is 1. The number of unbranched alkanes of at least 4 members (excludes halogenated alkanes) is 3. The Kier molecular flexibility index (Phi) is 10.2. The number of nitrogens with zero attached hydrogens (tertiary/aromatic N) is 1. The molecule has 0 aliphatic heterocycles. The zero-order chi connectivity index (χ0) is 13.6. The third-order valence-corrected chi connectivity index (χ3v) is 2.04. The van der Waals surface area contributed by atoms with E-state index in [1.807, 2.05) is 0 Å². The molecule has 0 aromatic carbocycles. The lowest BCUT2D eigenvalue weighted by Crippen LogP contribution is -2.05. The molecule has 0 spiro atoms. The maximum absolute atomic E-state index is 11.1. The number of carboxylic acid groups (broad SMARTS) is 1. The summed E-state index contributed by atoms with van der Waals surface area (Å²) < 4.78 is 4.79. The van der Waals surface area contributed by atoms with Crippen molar-refractivity contribution in [2.24, 2.45) is 0 Å². The van der Waals surface area contributed by atoms with Crippen LogP contribution in [0, 0.1) is 23.2 Å². The fourth-order valence-electron chi connectivity index (χ4n) is 1.13. The molecule has 98 valence electrons. The van der Waals surface area contributed by atoms with Gasteiger partial charge in [-0.3, -0.25) is 9.59 Å². The fraction of sp³-hybridized carbons (Fsp3) is 0.615. The Morgan fingerprint density at radius 1 is 1.06 bits per heavy atom. The van der Waals surface area contributed by atoms with Gasteiger partial charge in [0.15, 0.2) is 6.61 Å². The normalized spacial score (nSPS) is 8.83. The minimum absolute atomic E-state index is 0.0281. The molecule has 18 heavy (non-hydrogen) atoms. The number of hydrogen-bond acceptors (Lipinski definition) is 4. The molecule has 0 aliphatic carbocycles. The van der Waals surface area contributed by atoms with Gasteiger partial charge >= 0.3 is 11.9 Å². The fourth-order valence-corrected chi connectivity index (χ4v) is 1.13. The summed E-state index contributed by atoms with van der Waals surface area (Å²) in [6, 6.07) is 2.05. The predicted octanol–water partition coefficient (Wildman–Crippen LogP) is 1.87. The highest BCUT2D eigenvalue weighted by atomic mass is 16.5. The zero-order valence-electron chi connectivity index (χ0n) is 10.3. The second-order valence-electron chi connectivity index (χ2n) is 3.63. The molecule has 0 saturated heterocycles. The average Bonchev–Trinajstić information content (AvgIpc) is 2.32. The molecule has 0 heterocycles. The van der Waals surface area contributed by atoms with Crippen LogP contribution in [-0.2, 0) is 14.3 Å². The van der Waals surface area contributed by atoms with Gasteiger partial charge in [-0.25, -0.2) is 0 Å². The van der Waals surface area contributed by atoms with Crippen LogP contribution in [0.15, 0.2) is 0 Å². The Hall–Kier alpha value is -2.01. The lowest BCUT2D eigenvalue weighted by molar-refractivity contribution is -0.142. The summed E-state index contributed by atoms with van der Waals surface area (Å²) in [6.45, 7) is 0.0458. The van der Waals surface area contributed by atoms with Crippen molar-refractivity contribution in [2.75, 3.05) is 6.61 Å². The van der Waals surface area contributed by atoms with Gasteiger partial charge in [-0.1, -0.05) is 11.8 Å². The first kappa shape index (κ1) is 16.0. The average molecular weight is 251 g/mol. The van der Waals surface area contributed by atoms with Crippen molar-refractivity contribution in [3.8, 4) is 17.9 Å². The number of carbonyl (C=O) groups excluding carboxylic acids is 1. The number of carbonyl (C=O) groups is 2. The molecule has 0 aromatic rings. The van der Waals surface area contributed by atoms with E-state index in [2.05, 4.69) is 17.9 Å². The van der Waals surface area contributed by atoms with E-state index in [0.717, 1.165) is 12.8 Å². The van der Waals surface area contributed by atoms with Crippen LogP contribution < -0.4 is 0 Å². The molecule has 0 unspecified atom stereocenters. The monoisotopic (exact) mass is 251 g/mol. The number of ether oxygens (including phenoxy) is 1. The highest BCUT2D eigenvalue weighted by Crippen LogP contribution is 1.98. The third-order valence-electron chi connectivity index (χ3n) is 2.04. The highest BCUT2D eigenvalue weighted by Gasteiger charge is 2.03. The highest BCUT2D eigenvalue weighted by molar-refractivity contribution is 5.71. The van der Waals surface area contributed by atoms with Crippen molar-refractivity contribution >= 4 is 11.9 Å². The van der Waals surface area contributed by atoms with Crippen LogP contribution in [0.25, 0.3) is 0 Å². The summed E-state index contributed by atoms with van der Waals surface area (Å²) in [5, 5.41) is 16.7. The van der Waals surface area contributed by atoms with Crippen molar-refractivity contribution < 1.29 is 19.4 Å². The van der Waals surface area contributed by atoms with Crippen molar-refractivity contribution in [2.45, 2.75) is 44.9 Å². The summed E-state index contributed by atoms with van der Waals surface area (Å²) in [6.07, 6.45) is 3.30. The molecule has 0 bridgehead atoms. The van der Waals surface area contributed by atoms with Gasteiger partial charge < -0.3 is 9.84 Å². The lowest BCUT2D eigenvalue weighted by atomic mass is 10.2. The van der Waals surface area contributed by atoms with Gasteiger partial charge in [0.25, 0.3) is 0 Å². The largest absolute Gasteiger partial charge is 0.481 e. The third kappa shape index (κ3) is 12.1. The Morgan fingerprint density at radius 2 is 1.78 bits per heavy atom. The molecule has 0 aliphatic rings. The number of esters is 1. The first-order valence-electron chi connectivity index (χ1n) is 5.87. The summed E-state index contributed by atoms with van der Waals surface area (Å²) >= 11 is 0. The number of nitriles is 1. The van der Waals surface area contributed by atoms with E-state index in [4.69, 9.17) is 15.1 Å². The molecule has 0 radical (unpaired) electrons.